The molecule has 0 amide bonds. The summed E-state index contributed by atoms with van der Waals surface area (Å²) in [5.41, 5.74) is 3.67. The van der Waals surface area contributed by atoms with Gasteiger partial charge in [0.25, 0.3) is 0 Å². The average molecular weight is 349 g/mol. The Morgan fingerprint density at radius 1 is 1.30 bits per heavy atom. The van der Waals surface area contributed by atoms with Gasteiger partial charge in [-0.15, -0.1) is 10.2 Å². The van der Waals surface area contributed by atoms with Gasteiger partial charge in [-0.2, -0.15) is 0 Å². The second kappa shape index (κ2) is 7.31. The molecule has 0 bridgehead atoms. The molecular formula is C16H19N3O2S2. The number of hydrogen-bond donors (Lipinski definition) is 1. The summed E-state index contributed by atoms with van der Waals surface area (Å²) in [6, 6.07) is 6.36. The van der Waals surface area contributed by atoms with E-state index in [2.05, 4.69) is 47.6 Å². The molecule has 2 heterocycles. The number of carbonyl (C=O) groups excluding carboxylic acids is 1. The number of anilines is 2. The summed E-state index contributed by atoms with van der Waals surface area (Å²) in [5, 5.41) is 12.4. The van der Waals surface area contributed by atoms with Crippen molar-refractivity contribution in [2.75, 3.05) is 11.9 Å². The van der Waals surface area contributed by atoms with Crippen LogP contribution >= 0.6 is 23.1 Å². The molecule has 23 heavy (non-hydrogen) atoms. The summed E-state index contributed by atoms with van der Waals surface area (Å²) in [7, 11) is 0. The van der Waals surface area contributed by atoms with Gasteiger partial charge in [0.2, 0.25) is 5.13 Å². The number of rotatable bonds is 6. The molecule has 1 aromatic carbocycles. The van der Waals surface area contributed by atoms with E-state index in [1.54, 1.807) is 0 Å². The quantitative estimate of drug-likeness (QED) is 0.800. The number of cyclic esters (lactones) is 1. The van der Waals surface area contributed by atoms with E-state index in [0.717, 1.165) is 34.4 Å². The fraction of sp³-hybridized carbons (Fsp3) is 0.438. The van der Waals surface area contributed by atoms with Gasteiger partial charge in [0.1, 0.15) is 5.25 Å². The molecule has 1 saturated heterocycles. The Labute approximate surface area is 143 Å². The van der Waals surface area contributed by atoms with Gasteiger partial charge in [0, 0.05) is 12.1 Å². The van der Waals surface area contributed by atoms with E-state index in [1.165, 1.54) is 34.2 Å². The monoisotopic (exact) mass is 349 g/mol. The van der Waals surface area contributed by atoms with Crippen molar-refractivity contribution in [3.63, 3.8) is 0 Å². The zero-order chi connectivity index (χ0) is 16.2. The van der Waals surface area contributed by atoms with E-state index in [0.29, 0.717) is 6.61 Å². The van der Waals surface area contributed by atoms with Crippen LogP contribution in [0.25, 0.3) is 0 Å². The van der Waals surface area contributed by atoms with Gasteiger partial charge in [0.15, 0.2) is 4.34 Å². The maximum absolute atomic E-state index is 11.5. The standard InChI is InChI=1S/C16H19N3O2S2/c1-3-10-6-5-7-11(4-2)13(10)17-15-18-19-16(23-15)22-12-8-9-21-14(12)20/h5-7,12H,3-4,8-9H2,1-2H3,(H,17,18)/t12-/m1/s1. The van der Waals surface area contributed by atoms with E-state index in [4.69, 9.17) is 4.74 Å². The summed E-state index contributed by atoms with van der Waals surface area (Å²) in [6.45, 7) is 4.80. The first-order valence-corrected chi connectivity index (χ1v) is 9.45. The molecule has 1 aliphatic rings. The Morgan fingerprint density at radius 2 is 2.04 bits per heavy atom. The highest BCUT2D eigenvalue weighted by Gasteiger charge is 2.28. The van der Waals surface area contributed by atoms with Crippen LogP contribution in [0.5, 0.6) is 0 Å². The molecule has 0 aliphatic carbocycles. The average Bonchev–Trinajstić information content (AvgIpc) is 3.17. The van der Waals surface area contributed by atoms with Gasteiger partial charge in [-0.1, -0.05) is 55.1 Å². The Hall–Kier alpha value is -1.60. The number of benzene rings is 1. The lowest BCUT2D eigenvalue weighted by molar-refractivity contribution is -0.137. The molecule has 1 aliphatic heterocycles. The van der Waals surface area contributed by atoms with Crippen LogP contribution in [0, 0.1) is 0 Å². The predicted molar refractivity (Wildman–Crippen MR) is 93.6 cm³/mol. The number of hydrogen-bond acceptors (Lipinski definition) is 7. The Morgan fingerprint density at radius 3 is 2.65 bits per heavy atom. The number of nitrogens with one attached hydrogen (secondary N) is 1. The first-order valence-electron chi connectivity index (χ1n) is 7.75. The number of aromatic nitrogens is 2. The molecular weight excluding hydrogens is 330 g/mol. The van der Waals surface area contributed by atoms with Crippen LogP contribution < -0.4 is 5.32 Å². The van der Waals surface area contributed by atoms with E-state index < -0.39 is 0 Å². The molecule has 1 aromatic heterocycles. The van der Waals surface area contributed by atoms with E-state index in [9.17, 15) is 4.79 Å². The minimum Gasteiger partial charge on any atom is -0.465 e. The van der Waals surface area contributed by atoms with Gasteiger partial charge in [-0.05, 0) is 24.0 Å². The fourth-order valence-electron chi connectivity index (χ4n) is 2.52. The number of nitrogens with zero attached hydrogens (tertiary/aromatic N) is 2. The van der Waals surface area contributed by atoms with Gasteiger partial charge in [0.05, 0.1) is 6.61 Å². The Balaban J connectivity index is 1.75. The SMILES string of the molecule is CCc1cccc(CC)c1Nc1nnc(S[C@@H]2CCOC2=O)s1. The van der Waals surface area contributed by atoms with E-state index >= 15 is 0 Å². The normalized spacial score (nSPS) is 17.3. The molecule has 0 radical (unpaired) electrons. The Kier molecular flexibility index (Phi) is 5.17. The number of esters is 1. The molecule has 0 spiro atoms. The molecule has 1 N–H and O–H groups in total. The first kappa shape index (κ1) is 16.3. The van der Waals surface area contributed by atoms with Crippen LogP contribution in [-0.4, -0.2) is 28.0 Å². The maximum atomic E-state index is 11.5. The molecule has 5 nitrogen and oxygen atoms in total. The zero-order valence-electron chi connectivity index (χ0n) is 13.2. The third kappa shape index (κ3) is 3.67. The lowest BCUT2D eigenvalue weighted by Crippen LogP contribution is -2.08. The van der Waals surface area contributed by atoms with Crippen LogP contribution in [0.3, 0.4) is 0 Å². The number of carbonyl (C=O) groups is 1. The number of para-hydroxylation sites is 1. The highest BCUT2D eigenvalue weighted by Crippen LogP contribution is 2.35. The smallest absolute Gasteiger partial charge is 0.319 e. The largest absolute Gasteiger partial charge is 0.465 e. The van der Waals surface area contributed by atoms with Crippen LogP contribution in [0.1, 0.15) is 31.4 Å². The van der Waals surface area contributed by atoms with Crippen LogP contribution in [-0.2, 0) is 22.4 Å². The predicted octanol–water partition coefficient (Wildman–Crippen LogP) is 3.81. The molecule has 0 unspecified atom stereocenters. The number of ether oxygens (including phenoxy) is 1. The van der Waals surface area contributed by atoms with E-state index in [-0.39, 0.29) is 11.2 Å². The van der Waals surface area contributed by atoms with Crippen molar-refractivity contribution >= 4 is 39.9 Å². The fourth-order valence-corrected chi connectivity index (χ4v) is 4.49. The summed E-state index contributed by atoms with van der Waals surface area (Å²) in [5.74, 6) is -0.149. The van der Waals surface area contributed by atoms with Crippen LogP contribution in [0.15, 0.2) is 22.5 Å². The minimum atomic E-state index is -0.149. The van der Waals surface area contributed by atoms with Crippen molar-refractivity contribution in [3.05, 3.63) is 29.3 Å². The molecule has 0 saturated carbocycles. The van der Waals surface area contributed by atoms with Crippen molar-refractivity contribution in [1.82, 2.24) is 10.2 Å². The second-order valence-electron chi connectivity index (χ2n) is 5.22. The second-order valence-corrected chi connectivity index (χ2v) is 7.65. The molecule has 7 heteroatoms. The van der Waals surface area contributed by atoms with Crippen molar-refractivity contribution in [2.45, 2.75) is 42.7 Å². The number of thioether (sulfide) groups is 1. The lowest BCUT2D eigenvalue weighted by Gasteiger charge is -2.13. The maximum Gasteiger partial charge on any atom is 0.319 e. The molecule has 1 atom stereocenters. The first-order chi connectivity index (χ1) is 11.2. The Bertz CT molecular complexity index is 680. The highest BCUT2D eigenvalue weighted by molar-refractivity contribution is 8.02. The van der Waals surface area contributed by atoms with Gasteiger partial charge >= 0.3 is 5.97 Å². The van der Waals surface area contributed by atoms with Crippen molar-refractivity contribution in [2.24, 2.45) is 0 Å². The topological polar surface area (TPSA) is 64.1 Å². The van der Waals surface area contributed by atoms with Gasteiger partial charge in [-0.25, -0.2) is 0 Å². The summed E-state index contributed by atoms with van der Waals surface area (Å²) in [6.07, 6.45) is 2.67. The molecule has 1 fully saturated rings. The molecule has 3 rings (SSSR count). The van der Waals surface area contributed by atoms with Crippen LogP contribution in [0.2, 0.25) is 0 Å². The van der Waals surface area contributed by atoms with E-state index in [1.807, 2.05) is 0 Å². The summed E-state index contributed by atoms with van der Waals surface area (Å²) in [4.78, 5) is 11.5. The number of aryl methyl sites for hydroxylation is 2. The summed E-state index contributed by atoms with van der Waals surface area (Å²) < 4.78 is 5.78. The van der Waals surface area contributed by atoms with Crippen LogP contribution in [0.4, 0.5) is 10.8 Å². The van der Waals surface area contributed by atoms with Gasteiger partial charge in [-0.3, -0.25) is 4.79 Å². The minimum absolute atomic E-state index is 0.148. The van der Waals surface area contributed by atoms with Crippen molar-refractivity contribution in [3.8, 4) is 0 Å². The third-order valence-electron chi connectivity index (χ3n) is 3.77. The lowest BCUT2D eigenvalue weighted by atomic mass is 10.0. The van der Waals surface area contributed by atoms with Crippen molar-refractivity contribution in [1.29, 1.82) is 0 Å². The van der Waals surface area contributed by atoms with Crippen molar-refractivity contribution < 1.29 is 9.53 Å². The zero-order valence-corrected chi connectivity index (χ0v) is 14.8. The molecule has 122 valence electrons. The third-order valence-corrected chi connectivity index (χ3v) is 5.94. The van der Waals surface area contributed by atoms with Gasteiger partial charge < -0.3 is 10.1 Å². The molecule has 2 aromatic rings. The highest BCUT2D eigenvalue weighted by atomic mass is 32.2. The summed E-state index contributed by atoms with van der Waals surface area (Å²) >= 11 is 2.92.